The van der Waals surface area contributed by atoms with Crippen LogP contribution in [0.5, 0.6) is 0 Å². The molecule has 1 atom stereocenters. The van der Waals surface area contributed by atoms with Crippen LogP contribution in [0.1, 0.15) is 31.2 Å². The number of hydrogen-bond acceptors (Lipinski definition) is 4. The van der Waals surface area contributed by atoms with Crippen molar-refractivity contribution in [3.05, 3.63) is 65.4 Å². The number of ketones is 1. The molecule has 0 spiro atoms. The fourth-order valence-electron chi connectivity index (χ4n) is 3.48. The molecule has 1 N–H and O–H groups in total. The van der Waals surface area contributed by atoms with E-state index < -0.39 is 29.3 Å². The average Bonchev–Trinajstić information content (AvgIpc) is 3.31. The molecule has 0 radical (unpaired) electrons. The van der Waals surface area contributed by atoms with Crippen molar-refractivity contribution < 1.29 is 28.4 Å². The minimum absolute atomic E-state index is 0.152. The average molecular weight is 386 g/mol. The minimum atomic E-state index is -0.873. The maximum atomic E-state index is 13.2. The van der Waals surface area contributed by atoms with Crippen molar-refractivity contribution in [2.45, 2.75) is 19.9 Å². The van der Waals surface area contributed by atoms with Gasteiger partial charge in [-0.05, 0) is 43.7 Å². The smallest absolute Gasteiger partial charge is 0.295 e. The number of halogens is 1. The first kappa shape index (κ1) is 19.8. The third-order valence-electron chi connectivity index (χ3n) is 5.15. The largest absolute Gasteiger partial charge is 0.872 e. The molecule has 1 saturated heterocycles. The number of hydrogen-bond donors (Lipinski definition) is 1. The van der Waals surface area contributed by atoms with Crippen molar-refractivity contribution in [3.8, 4) is 0 Å². The molecule has 1 aromatic heterocycles. The summed E-state index contributed by atoms with van der Waals surface area (Å²) >= 11 is 0. The van der Waals surface area contributed by atoms with Crippen LogP contribution in [0, 0.1) is 5.82 Å². The Morgan fingerprint density at radius 3 is 2.43 bits per heavy atom. The SMILES string of the molecule is CC[NH+](CC)CCN1C(=O)C(=O)/C(=C(/[O-])c2ccc(F)cc2)C1c1ccco1. The fourth-order valence-corrected chi connectivity index (χ4v) is 3.48. The van der Waals surface area contributed by atoms with Gasteiger partial charge >= 0.3 is 0 Å². The van der Waals surface area contributed by atoms with E-state index in [0.717, 1.165) is 25.2 Å². The number of quaternary nitrogens is 1. The summed E-state index contributed by atoms with van der Waals surface area (Å²) in [6.07, 6.45) is 1.44. The Kier molecular flexibility index (Phi) is 5.94. The van der Waals surface area contributed by atoms with Gasteiger partial charge in [-0.15, -0.1) is 0 Å². The van der Waals surface area contributed by atoms with Crippen LogP contribution >= 0.6 is 0 Å². The number of likely N-dealkylation sites (N-methyl/N-ethyl adjacent to an activating group) is 1. The van der Waals surface area contributed by atoms with Gasteiger partial charge in [0.05, 0.1) is 32.4 Å². The van der Waals surface area contributed by atoms with Crippen molar-refractivity contribution in [1.29, 1.82) is 0 Å². The molecule has 2 heterocycles. The zero-order chi connectivity index (χ0) is 20.3. The van der Waals surface area contributed by atoms with Crippen molar-refractivity contribution in [1.82, 2.24) is 4.90 Å². The third-order valence-corrected chi connectivity index (χ3v) is 5.15. The van der Waals surface area contributed by atoms with Gasteiger partial charge in [-0.1, -0.05) is 17.9 Å². The van der Waals surface area contributed by atoms with E-state index in [1.54, 1.807) is 12.1 Å². The van der Waals surface area contributed by atoms with Crippen LogP contribution in [0.3, 0.4) is 0 Å². The molecule has 28 heavy (non-hydrogen) atoms. The molecule has 1 amide bonds. The quantitative estimate of drug-likeness (QED) is 0.429. The summed E-state index contributed by atoms with van der Waals surface area (Å²) in [6.45, 7) is 6.87. The summed E-state index contributed by atoms with van der Waals surface area (Å²) in [5, 5.41) is 13.0. The monoisotopic (exact) mass is 386 g/mol. The second-order valence-corrected chi connectivity index (χ2v) is 6.70. The van der Waals surface area contributed by atoms with Crippen LogP contribution in [0.25, 0.3) is 5.76 Å². The highest BCUT2D eigenvalue weighted by molar-refractivity contribution is 6.46. The van der Waals surface area contributed by atoms with Crippen LogP contribution in [0.15, 0.2) is 52.7 Å². The van der Waals surface area contributed by atoms with Gasteiger partial charge in [0, 0.05) is 5.57 Å². The lowest BCUT2D eigenvalue weighted by molar-refractivity contribution is -0.895. The van der Waals surface area contributed by atoms with Crippen LogP contribution < -0.4 is 10.0 Å². The van der Waals surface area contributed by atoms with E-state index in [2.05, 4.69) is 13.8 Å². The number of rotatable bonds is 7. The van der Waals surface area contributed by atoms with Crippen LogP contribution in [-0.2, 0) is 9.59 Å². The van der Waals surface area contributed by atoms with E-state index in [9.17, 15) is 19.1 Å². The lowest BCUT2D eigenvalue weighted by atomic mass is 9.99. The lowest BCUT2D eigenvalue weighted by Gasteiger charge is -2.26. The van der Waals surface area contributed by atoms with Gasteiger partial charge in [-0.25, -0.2) is 4.39 Å². The lowest BCUT2D eigenvalue weighted by Crippen LogP contribution is -3.12. The summed E-state index contributed by atoms with van der Waals surface area (Å²) in [5.74, 6) is -2.25. The summed E-state index contributed by atoms with van der Waals surface area (Å²) in [7, 11) is 0. The molecule has 0 bridgehead atoms. The summed E-state index contributed by atoms with van der Waals surface area (Å²) in [4.78, 5) is 28.1. The first-order valence-electron chi connectivity index (χ1n) is 9.37. The predicted molar refractivity (Wildman–Crippen MR) is 98.4 cm³/mol. The number of likely N-dealkylation sites (tertiary alicyclic amines) is 1. The van der Waals surface area contributed by atoms with E-state index in [4.69, 9.17) is 4.42 Å². The molecule has 0 saturated carbocycles. The topological polar surface area (TPSA) is 78.0 Å². The van der Waals surface area contributed by atoms with Gasteiger partial charge < -0.3 is 19.3 Å². The maximum absolute atomic E-state index is 13.2. The Labute approximate surface area is 162 Å². The number of Topliss-reactive ketones (excluding diaryl/α,β-unsaturated/α-hetero) is 1. The number of nitrogens with zero attached hydrogens (tertiary/aromatic N) is 1. The molecule has 7 heteroatoms. The van der Waals surface area contributed by atoms with Gasteiger partial charge in [-0.2, -0.15) is 0 Å². The van der Waals surface area contributed by atoms with Crippen LogP contribution in [-0.4, -0.2) is 42.8 Å². The Bertz CT molecular complexity index is 870. The zero-order valence-corrected chi connectivity index (χ0v) is 15.9. The molecule has 1 aliphatic heterocycles. The van der Waals surface area contributed by atoms with E-state index >= 15 is 0 Å². The van der Waals surface area contributed by atoms with Gasteiger partial charge in [0.2, 0.25) is 5.78 Å². The number of benzene rings is 1. The highest BCUT2D eigenvalue weighted by atomic mass is 19.1. The molecular formula is C21H23FN2O4. The zero-order valence-electron chi connectivity index (χ0n) is 15.9. The van der Waals surface area contributed by atoms with Gasteiger partial charge in [0.15, 0.2) is 0 Å². The van der Waals surface area contributed by atoms with Crippen molar-refractivity contribution in [2.24, 2.45) is 0 Å². The molecule has 6 nitrogen and oxygen atoms in total. The minimum Gasteiger partial charge on any atom is -0.872 e. The molecule has 2 aromatic rings. The molecular weight excluding hydrogens is 363 g/mol. The summed E-state index contributed by atoms with van der Waals surface area (Å²) in [6, 6.07) is 7.34. The highest BCUT2D eigenvalue weighted by Crippen LogP contribution is 2.38. The Balaban J connectivity index is 2.03. The van der Waals surface area contributed by atoms with Gasteiger partial charge in [0.25, 0.3) is 5.91 Å². The molecule has 0 aliphatic carbocycles. The molecule has 1 fully saturated rings. The standard InChI is InChI=1S/C21H23FN2O4/c1-3-23(4-2)11-12-24-18(16-6-5-13-28-16)17(20(26)21(24)27)19(25)14-7-9-15(22)10-8-14/h5-10,13,18,25H,3-4,11-12H2,1-2H3/b19-17+. The number of carbonyl (C=O) groups excluding carboxylic acids is 2. The molecule has 148 valence electrons. The second-order valence-electron chi connectivity index (χ2n) is 6.70. The van der Waals surface area contributed by atoms with E-state index in [0.29, 0.717) is 18.8 Å². The van der Waals surface area contributed by atoms with E-state index in [1.165, 1.54) is 28.2 Å². The third kappa shape index (κ3) is 3.71. The summed E-state index contributed by atoms with van der Waals surface area (Å²) < 4.78 is 18.7. The molecule has 3 rings (SSSR count). The Morgan fingerprint density at radius 2 is 1.86 bits per heavy atom. The highest BCUT2D eigenvalue weighted by Gasteiger charge is 2.45. The van der Waals surface area contributed by atoms with Crippen LogP contribution in [0.4, 0.5) is 4.39 Å². The molecule has 1 aliphatic rings. The number of carbonyl (C=O) groups is 2. The Hall–Kier alpha value is -2.93. The van der Waals surface area contributed by atoms with E-state index in [1.807, 2.05) is 0 Å². The van der Waals surface area contributed by atoms with Crippen LogP contribution in [0.2, 0.25) is 0 Å². The van der Waals surface area contributed by atoms with Crippen molar-refractivity contribution >= 4 is 17.4 Å². The Morgan fingerprint density at radius 1 is 1.18 bits per heavy atom. The normalized spacial score (nSPS) is 19.0. The number of amides is 1. The summed E-state index contributed by atoms with van der Waals surface area (Å²) in [5.41, 5.74) is 0.00595. The fraction of sp³-hybridized carbons (Fsp3) is 0.333. The first-order chi connectivity index (χ1) is 13.5. The maximum Gasteiger partial charge on any atom is 0.295 e. The molecule has 1 aromatic carbocycles. The van der Waals surface area contributed by atoms with E-state index in [-0.39, 0.29) is 11.1 Å². The van der Waals surface area contributed by atoms with Crippen molar-refractivity contribution in [3.63, 3.8) is 0 Å². The first-order valence-corrected chi connectivity index (χ1v) is 9.37. The van der Waals surface area contributed by atoms with Gasteiger partial charge in [0.1, 0.15) is 17.6 Å². The second kappa shape index (κ2) is 8.39. The predicted octanol–water partition coefficient (Wildman–Crippen LogP) is 0.567. The number of furan rings is 1. The molecule has 1 unspecified atom stereocenters. The van der Waals surface area contributed by atoms with Crippen molar-refractivity contribution in [2.75, 3.05) is 26.2 Å². The number of nitrogens with one attached hydrogen (secondary N) is 1. The van der Waals surface area contributed by atoms with Gasteiger partial charge in [-0.3, -0.25) is 9.59 Å².